The van der Waals surface area contributed by atoms with E-state index in [1.165, 1.54) is 12.1 Å². The molecule has 0 fully saturated rings. The maximum atomic E-state index is 11.1. The van der Waals surface area contributed by atoms with Crippen molar-refractivity contribution in [2.75, 3.05) is 6.61 Å². The van der Waals surface area contributed by atoms with Gasteiger partial charge < -0.3 is 20.1 Å². The summed E-state index contributed by atoms with van der Waals surface area (Å²) in [6, 6.07) is 8.03. The van der Waals surface area contributed by atoms with Gasteiger partial charge in [0.1, 0.15) is 0 Å². The maximum absolute atomic E-state index is 11.1. The van der Waals surface area contributed by atoms with Crippen molar-refractivity contribution in [3.63, 3.8) is 0 Å². The Hall–Kier alpha value is -1.43. The monoisotopic (exact) mass is 198 g/mol. The van der Waals surface area contributed by atoms with Gasteiger partial charge in [-0.05, 0) is 12.1 Å². The molecule has 0 aliphatic heterocycles. The van der Waals surface area contributed by atoms with Crippen LogP contribution in [0, 0.1) is 0 Å². The van der Waals surface area contributed by atoms with Crippen molar-refractivity contribution in [3.8, 4) is 0 Å². The fraction of sp³-hybridized carbons (Fsp3) is 0.222. The Labute approximate surface area is 80.2 Å². The van der Waals surface area contributed by atoms with E-state index in [9.17, 15) is 4.79 Å². The Balaban J connectivity index is 2.52. The van der Waals surface area contributed by atoms with E-state index >= 15 is 0 Å². The highest BCUT2D eigenvalue weighted by Crippen LogP contribution is 2.03. The van der Waals surface area contributed by atoms with Crippen LogP contribution >= 0.6 is 0 Å². The van der Waals surface area contributed by atoms with Crippen molar-refractivity contribution in [3.05, 3.63) is 35.9 Å². The summed E-state index contributed by atoms with van der Waals surface area (Å²) < 4.78 is 4.40. The predicted octanol–water partition coefficient (Wildman–Crippen LogP) is -0.526. The molecule has 1 rings (SSSR count). The second-order valence-corrected chi connectivity index (χ2v) is 2.72. The van der Waals surface area contributed by atoms with Gasteiger partial charge in [-0.25, -0.2) is 4.79 Å². The number of carbonyl (C=O) groups excluding carboxylic acids is 1. The molecule has 0 saturated carbocycles. The lowest BCUT2D eigenvalue weighted by molar-refractivity contribution is -0.325. The van der Waals surface area contributed by atoms with Gasteiger partial charge in [0.15, 0.2) is 6.61 Å². The Morgan fingerprint density at radius 1 is 1.21 bits per heavy atom. The van der Waals surface area contributed by atoms with Crippen molar-refractivity contribution in [1.82, 2.24) is 0 Å². The third-order valence-electron chi connectivity index (χ3n) is 1.41. The van der Waals surface area contributed by atoms with Crippen molar-refractivity contribution in [2.24, 2.45) is 0 Å². The lowest BCUT2D eigenvalue weighted by Gasteiger charge is -2.13. The van der Waals surface area contributed by atoms with E-state index in [-0.39, 0.29) is 5.56 Å². The topological polar surface area (TPSA) is 87.0 Å². The first-order valence-corrected chi connectivity index (χ1v) is 3.88. The van der Waals surface area contributed by atoms with Gasteiger partial charge in [-0.3, -0.25) is 0 Å². The van der Waals surface area contributed by atoms with Crippen LogP contribution in [0.1, 0.15) is 10.4 Å². The zero-order valence-corrected chi connectivity index (χ0v) is 7.25. The first-order valence-electron chi connectivity index (χ1n) is 3.88. The normalized spacial score (nSPS) is 11.1. The molecule has 1 aromatic rings. The highest BCUT2D eigenvalue weighted by molar-refractivity contribution is 5.89. The Bertz CT molecular complexity index is 301. The lowest BCUT2D eigenvalue weighted by Crippen LogP contribution is -2.34. The Morgan fingerprint density at radius 3 is 2.29 bits per heavy atom. The summed E-state index contributed by atoms with van der Waals surface area (Å²) in [7, 11) is 0. The molecule has 0 heterocycles. The standard InChI is InChI=1S/C9H10O5/c10-8(14-6-9(11,12)13)7-4-2-1-3-5-7/h1-5,11-13H,6H2. The van der Waals surface area contributed by atoms with Gasteiger partial charge in [0, 0.05) is 0 Å². The predicted molar refractivity (Wildman–Crippen MR) is 46.1 cm³/mol. The molecule has 14 heavy (non-hydrogen) atoms. The molecule has 0 bridgehead atoms. The van der Waals surface area contributed by atoms with Gasteiger partial charge in [-0.15, -0.1) is 0 Å². The smallest absolute Gasteiger partial charge is 0.338 e. The quantitative estimate of drug-likeness (QED) is 0.449. The molecule has 0 spiro atoms. The summed E-state index contributed by atoms with van der Waals surface area (Å²) in [5, 5.41) is 25.3. The van der Waals surface area contributed by atoms with E-state index in [1.54, 1.807) is 18.2 Å². The molecule has 5 heteroatoms. The van der Waals surface area contributed by atoms with Gasteiger partial charge in [0.25, 0.3) is 0 Å². The third kappa shape index (κ3) is 3.53. The number of rotatable bonds is 3. The molecule has 76 valence electrons. The van der Waals surface area contributed by atoms with Crippen LogP contribution in [-0.4, -0.2) is 33.9 Å². The first-order chi connectivity index (χ1) is 6.49. The fourth-order valence-electron chi connectivity index (χ4n) is 0.820. The molecule has 0 atom stereocenters. The maximum Gasteiger partial charge on any atom is 0.338 e. The van der Waals surface area contributed by atoms with Crippen LogP contribution in [0.2, 0.25) is 0 Å². The summed E-state index contributed by atoms with van der Waals surface area (Å²) in [6.07, 6.45) is 0. The number of ether oxygens (including phenoxy) is 1. The molecule has 0 aliphatic carbocycles. The highest BCUT2D eigenvalue weighted by atomic mass is 16.7. The van der Waals surface area contributed by atoms with Crippen LogP contribution in [0.15, 0.2) is 30.3 Å². The zero-order chi connectivity index (χ0) is 10.6. The minimum absolute atomic E-state index is 0.275. The molecule has 0 saturated heterocycles. The Kier molecular flexibility index (Phi) is 3.19. The third-order valence-corrected chi connectivity index (χ3v) is 1.41. The van der Waals surface area contributed by atoms with Crippen molar-refractivity contribution < 1.29 is 24.9 Å². The van der Waals surface area contributed by atoms with Crippen LogP contribution in [0.3, 0.4) is 0 Å². The number of aliphatic hydroxyl groups is 3. The summed E-state index contributed by atoms with van der Waals surface area (Å²) in [5.74, 6) is -3.71. The second kappa shape index (κ2) is 4.19. The van der Waals surface area contributed by atoms with Gasteiger partial charge in [-0.1, -0.05) is 18.2 Å². The van der Waals surface area contributed by atoms with Gasteiger partial charge in [0.05, 0.1) is 5.56 Å². The lowest BCUT2D eigenvalue weighted by atomic mass is 10.2. The summed E-state index contributed by atoms with van der Waals surface area (Å²) in [6.45, 7) is -0.888. The zero-order valence-electron chi connectivity index (χ0n) is 7.25. The van der Waals surface area contributed by atoms with Gasteiger partial charge in [0.2, 0.25) is 0 Å². The van der Waals surface area contributed by atoms with Crippen molar-refractivity contribution in [1.29, 1.82) is 0 Å². The second-order valence-electron chi connectivity index (χ2n) is 2.72. The average Bonchev–Trinajstić information content (AvgIpc) is 2.14. The molecule has 0 amide bonds. The SMILES string of the molecule is O=C(OCC(O)(O)O)c1ccccc1. The number of benzene rings is 1. The van der Waals surface area contributed by atoms with Crippen LogP contribution in [0.5, 0.6) is 0 Å². The van der Waals surface area contributed by atoms with E-state index in [0.29, 0.717) is 0 Å². The van der Waals surface area contributed by atoms with E-state index in [2.05, 4.69) is 4.74 Å². The molecule has 0 radical (unpaired) electrons. The fourth-order valence-corrected chi connectivity index (χ4v) is 0.820. The molecule has 1 aromatic carbocycles. The molecule has 5 nitrogen and oxygen atoms in total. The summed E-state index contributed by atoms with van der Waals surface area (Å²) >= 11 is 0. The summed E-state index contributed by atoms with van der Waals surface area (Å²) in [4.78, 5) is 11.1. The first kappa shape index (κ1) is 10.6. The minimum atomic E-state index is -2.98. The van der Waals surface area contributed by atoms with E-state index < -0.39 is 18.5 Å². The number of hydrogen-bond acceptors (Lipinski definition) is 5. The number of esters is 1. The van der Waals surface area contributed by atoms with Crippen LogP contribution in [0.4, 0.5) is 0 Å². The van der Waals surface area contributed by atoms with Crippen LogP contribution < -0.4 is 0 Å². The average molecular weight is 198 g/mol. The van der Waals surface area contributed by atoms with E-state index in [4.69, 9.17) is 15.3 Å². The number of carbonyl (C=O) groups is 1. The van der Waals surface area contributed by atoms with Gasteiger partial charge >= 0.3 is 11.9 Å². The van der Waals surface area contributed by atoms with Gasteiger partial charge in [-0.2, -0.15) is 0 Å². The van der Waals surface area contributed by atoms with Crippen LogP contribution in [-0.2, 0) is 4.74 Å². The summed E-state index contributed by atoms with van der Waals surface area (Å²) in [5.41, 5.74) is 0.275. The van der Waals surface area contributed by atoms with E-state index in [1.807, 2.05) is 0 Å². The molecule has 3 N–H and O–H groups in total. The largest absolute Gasteiger partial charge is 0.453 e. The van der Waals surface area contributed by atoms with Crippen molar-refractivity contribution in [2.45, 2.75) is 5.97 Å². The highest BCUT2D eigenvalue weighted by Gasteiger charge is 2.21. The molecule has 0 aliphatic rings. The molecule has 0 unspecified atom stereocenters. The molecular weight excluding hydrogens is 188 g/mol. The number of hydrogen-bond donors (Lipinski definition) is 3. The van der Waals surface area contributed by atoms with Crippen molar-refractivity contribution >= 4 is 5.97 Å². The Morgan fingerprint density at radius 2 is 1.79 bits per heavy atom. The molecular formula is C9H10O5. The minimum Gasteiger partial charge on any atom is -0.453 e. The van der Waals surface area contributed by atoms with Crippen LogP contribution in [0.25, 0.3) is 0 Å². The van der Waals surface area contributed by atoms with E-state index in [0.717, 1.165) is 0 Å². The molecule has 0 aromatic heterocycles.